The summed E-state index contributed by atoms with van der Waals surface area (Å²) in [6, 6.07) is 22.9. The average molecular weight is 461 g/mol. The number of hydrogen-bond donors (Lipinski definition) is 1. The monoisotopic (exact) mass is 460 g/mol. The van der Waals surface area contributed by atoms with E-state index in [1.165, 1.54) is 5.56 Å². The van der Waals surface area contributed by atoms with Crippen LogP contribution in [0.25, 0.3) is 0 Å². The number of nitrogens with zero attached hydrogens (tertiary/aromatic N) is 1. The van der Waals surface area contributed by atoms with Gasteiger partial charge in [0.05, 0.1) is 12.9 Å². The molecule has 1 heterocycles. The summed E-state index contributed by atoms with van der Waals surface area (Å²) in [6.07, 6.45) is 0. The molecule has 2 amide bonds. The molecule has 3 aromatic carbocycles. The second kappa shape index (κ2) is 9.32. The quantitative estimate of drug-likeness (QED) is 0.506. The first kappa shape index (κ1) is 22.9. The molecule has 4 rings (SSSR count). The molecule has 1 fully saturated rings. The Kier molecular flexibility index (Phi) is 6.47. The van der Waals surface area contributed by atoms with Gasteiger partial charge in [-0.15, -0.1) is 11.8 Å². The molecule has 0 unspecified atom stereocenters. The van der Waals surface area contributed by atoms with Crippen LogP contribution >= 0.6 is 11.8 Å². The minimum atomic E-state index is -0.159. The van der Waals surface area contributed by atoms with E-state index >= 15 is 0 Å². The third kappa shape index (κ3) is 5.06. The molecule has 1 aliphatic heterocycles. The molecule has 6 heteroatoms. The summed E-state index contributed by atoms with van der Waals surface area (Å²) >= 11 is 1.58. The van der Waals surface area contributed by atoms with Crippen molar-refractivity contribution in [2.24, 2.45) is 0 Å². The van der Waals surface area contributed by atoms with Gasteiger partial charge < -0.3 is 10.1 Å². The van der Waals surface area contributed by atoms with Crippen LogP contribution in [0.5, 0.6) is 5.75 Å². The molecule has 0 aromatic heterocycles. The first-order valence-electron chi connectivity index (χ1n) is 10.9. The highest BCUT2D eigenvalue weighted by Gasteiger charge is 2.34. The van der Waals surface area contributed by atoms with E-state index in [0.29, 0.717) is 17.0 Å². The lowest BCUT2D eigenvalue weighted by Crippen LogP contribution is -2.27. The summed E-state index contributed by atoms with van der Waals surface area (Å²) in [7, 11) is 1.62. The summed E-state index contributed by atoms with van der Waals surface area (Å²) in [5, 5.41) is 2.83. The lowest BCUT2D eigenvalue weighted by Gasteiger charge is -2.25. The number of rotatable bonds is 5. The number of nitrogens with one attached hydrogen (secondary N) is 1. The molecule has 5 nitrogen and oxygen atoms in total. The van der Waals surface area contributed by atoms with Crippen LogP contribution in [0.4, 0.5) is 11.4 Å². The number of anilines is 2. The number of methoxy groups -OCH3 is 1. The predicted molar refractivity (Wildman–Crippen MR) is 135 cm³/mol. The van der Waals surface area contributed by atoms with Gasteiger partial charge in [0.15, 0.2) is 0 Å². The van der Waals surface area contributed by atoms with E-state index in [1.54, 1.807) is 23.8 Å². The molecule has 0 bridgehead atoms. The largest absolute Gasteiger partial charge is 0.497 e. The SMILES string of the molecule is COc1ccc(N2C(=O)CS[C@@H]2c2cccc(NC(=O)c3ccc(C(C)(C)C)cc3)c2)cc1. The van der Waals surface area contributed by atoms with E-state index in [1.807, 2.05) is 72.8 Å². The molecule has 0 spiro atoms. The number of hydrogen-bond acceptors (Lipinski definition) is 4. The lowest BCUT2D eigenvalue weighted by atomic mass is 9.87. The average Bonchev–Trinajstić information content (AvgIpc) is 3.20. The summed E-state index contributed by atoms with van der Waals surface area (Å²) in [5.41, 5.74) is 4.31. The Labute approximate surface area is 199 Å². The molecule has 1 saturated heterocycles. The van der Waals surface area contributed by atoms with Crippen LogP contribution in [-0.4, -0.2) is 24.7 Å². The minimum Gasteiger partial charge on any atom is -0.497 e. The molecule has 170 valence electrons. The van der Waals surface area contributed by atoms with E-state index in [0.717, 1.165) is 17.0 Å². The second-order valence-corrected chi connectivity index (χ2v) is 10.1. The second-order valence-electron chi connectivity index (χ2n) is 9.03. The maximum Gasteiger partial charge on any atom is 0.255 e. The number of amides is 2. The Morgan fingerprint density at radius 2 is 1.73 bits per heavy atom. The van der Waals surface area contributed by atoms with Crippen molar-refractivity contribution in [3.63, 3.8) is 0 Å². The Morgan fingerprint density at radius 3 is 2.36 bits per heavy atom. The van der Waals surface area contributed by atoms with Crippen LogP contribution in [0.1, 0.15) is 47.6 Å². The minimum absolute atomic E-state index is 0.0372. The molecule has 33 heavy (non-hydrogen) atoms. The number of carbonyl (C=O) groups excluding carboxylic acids is 2. The van der Waals surface area contributed by atoms with Gasteiger partial charge in [-0.3, -0.25) is 14.5 Å². The number of ether oxygens (including phenoxy) is 1. The molecule has 3 aromatic rings. The molecule has 0 saturated carbocycles. The number of benzene rings is 3. The molecule has 1 atom stereocenters. The van der Waals surface area contributed by atoms with Crippen molar-refractivity contribution in [1.29, 1.82) is 0 Å². The highest BCUT2D eigenvalue weighted by Crippen LogP contribution is 2.42. The fraction of sp³-hybridized carbons (Fsp3) is 0.259. The fourth-order valence-electron chi connectivity index (χ4n) is 3.79. The summed E-state index contributed by atoms with van der Waals surface area (Å²) in [5.74, 6) is 1.06. The maximum absolute atomic E-state index is 12.8. The van der Waals surface area contributed by atoms with E-state index in [2.05, 4.69) is 26.1 Å². The van der Waals surface area contributed by atoms with Gasteiger partial charge in [0.25, 0.3) is 5.91 Å². The zero-order valence-corrected chi connectivity index (χ0v) is 20.1. The molecule has 1 N–H and O–H groups in total. The van der Waals surface area contributed by atoms with Crippen LogP contribution in [0.3, 0.4) is 0 Å². The lowest BCUT2D eigenvalue weighted by molar-refractivity contribution is -0.115. The number of carbonyl (C=O) groups is 2. The first-order valence-corrected chi connectivity index (χ1v) is 11.9. The van der Waals surface area contributed by atoms with Crippen molar-refractivity contribution in [1.82, 2.24) is 0 Å². The third-order valence-corrected chi connectivity index (χ3v) is 6.87. The van der Waals surface area contributed by atoms with Crippen LogP contribution < -0.4 is 15.0 Å². The van der Waals surface area contributed by atoms with Crippen molar-refractivity contribution in [2.45, 2.75) is 31.6 Å². The maximum atomic E-state index is 12.8. The van der Waals surface area contributed by atoms with Crippen molar-refractivity contribution in [2.75, 3.05) is 23.1 Å². The summed E-state index contributed by atoms with van der Waals surface area (Å²) < 4.78 is 5.23. The fourth-order valence-corrected chi connectivity index (χ4v) is 4.95. The zero-order valence-electron chi connectivity index (χ0n) is 19.3. The summed E-state index contributed by atoms with van der Waals surface area (Å²) in [4.78, 5) is 27.3. The predicted octanol–water partition coefficient (Wildman–Crippen LogP) is 6.02. The van der Waals surface area contributed by atoms with E-state index < -0.39 is 0 Å². The molecular weight excluding hydrogens is 432 g/mol. The van der Waals surface area contributed by atoms with Gasteiger partial charge in [-0.05, 0) is 65.1 Å². The van der Waals surface area contributed by atoms with Crippen molar-refractivity contribution >= 4 is 35.0 Å². The Morgan fingerprint density at radius 1 is 1.03 bits per heavy atom. The van der Waals surface area contributed by atoms with Crippen molar-refractivity contribution in [3.8, 4) is 5.75 Å². The van der Waals surface area contributed by atoms with Gasteiger partial charge in [0, 0.05) is 16.9 Å². The van der Waals surface area contributed by atoms with Gasteiger partial charge >= 0.3 is 0 Å². The smallest absolute Gasteiger partial charge is 0.255 e. The summed E-state index contributed by atoms with van der Waals surface area (Å²) in [6.45, 7) is 6.44. The Balaban J connectivity index is 1.53. The van der Waals surface area contributed by atoms with Gasteiger partial charge in [0.2, 0.25) is 5.91 Å². The van der Waals surface area contributed by atoms with Gasteiger partial charge in [-0.2, -0.15) is 0 Å². The van der Waals surface area contributed by atoms with Crippen LogP contribution in [0.2, 0.25) is 0 Å². The molecule has 0 radical (unpaired) electrons. The van der Waals surface area contributed by atoms with E-state index in [-0.39, 0.29) is 22.6 Å². The highest BCUT2D eigenvalue weighted by atomic mass is 32.2. The highest BCUT2D eigenvalue weighted by molar-refractivity contribution is 8.00. The third-order valence-electron chi connectivity index (χ3n) is 5.66. The van der Waals surface area contributed by atoms with Gasteiger partial charge in [0.1, 0.15) is 11.1 Å². The molecule has 1 aliphatic rings. The Hall–Kier alpha value is -3.25. The van der Waals surface area contributed by atoms with Crippen molar-refractivity contribution < 1.29 is 14.3 Å². The topological polar surface area (TPSA) is 58.6 Å². The zero-order chi connectivity index (χ0) is 23.6. The number of thioether (sulfide) groups is 1. The van der Waals surface area contributed by atoms with Gasteiger partial charge in [-0.25, -0.2) is 0 Å². The van der Waals surface area contributed by atoms with E-state index in [4.69, 9.17) is 4.74 Å². The first-order chi connectivity index (χ1) is 15.8. The normalized spacial score (nSPS) is 16.1. The van der Waals surface area contributed by atoms with E-state index in [9.17, 15) is 9.59 Å². The van der Waals surface area contributed by atoms with Crippen LogP contribution in [0.15, 0.2) is 72.8 Å². The van der Waals surface area contributed by atoms with Gasteiger partial charge in [-0.1, -0.05) is 45.0 Å². The molecule has 0 aliphatic carbocycles. The van der Waals surface area contributed by atoms with Crippen LogP contribution in [0, 0.1) is 0 Å². The Bertz CT molecular complexity index is 1150. The van der Waals surface area contributed by atoms with Crippen molar-refractivity contribution in [3.05, 3.63) is 89.5 Å². The van der Waals surface area contributed by atoms with Crippen LogP contribution in [-0.2, 0) is 10.2 Å². The standard InChI is InChI=1S/C27H28N2O3S/c1-27(2,3)20-10-8-18(9-11-20)25(31)28-21-7-5-6-19(16-21)26-29(24(30)17-33-26)22-12-14-23(32-4)15-13-22/h5-16,26H,17H2,1-4H3,(H,28,31)/t26-/m1/s1. The molecular formula is C27H28N2O3S.